The smallest absolute Gasteiger partial charge is 0.315 e. The Morgan fingerprint density at radius 3 is 2.67 bits per heavy atom. The molecule has 2 aliphatic heterocycles. The van der Waals surface area contributed by atoms with Gasteiger partial charge in [-0.3, -0.25) is 24.7 Å². The van der Waals surface area contributed by atoms with Crippen molar-refractivity contribution in [3.63, 3.8) is 0 Å². The van der Waals surface area contributed by atoms with Gasteiger partial charge in [-0.25, -0.2) is 0 Å². The maximum atomic E-state index is 13.0. The number of carbonyl (C=O) groups is 2. The molecule has 1 aromatic carbocycles. The zero-order valence-electron chi connectivity index (χ0n) is 16.8. The molecule has 0 saturated heterocycles. The molecule has 2 atom stereocenters. The molecule has 0 fully saturated rings. The molecule has 2 heterocycles. The average Bonchev–Trinajstić information content (AvgIpc) is 3.19. The van der Waals surface area contributed by atoms with E-state index in [-0.39, 0.29) is 36.2 Å². The van der Waals surface area contributed by atoms with Gasteiger partial charge >= 0.3 is 5.97 Å². The maximum Gasteiger partial charge on any atom is 0.315 e. The molecule has 9 nitrogen and oxygen atoms in total. The number of nitrogens with zero attached hydrogens (tertiary/aromatic N) is 2. The summed E-state index contributed by atoms with van der Waals surface area (Å²) >= 11 is 0. The van der Waals surface area contributed by atoms with Crippen LogP contribution in [0, 0.1) is 16.0 Å². The van der Waals surface area contributed by atoms with Crippen molar-refractivity contribution in [2.75, 3.05) is 13.4 Å². The first kappa shape index (κ1) is 20.1. The molecule has 0 spiro atoms. The Morgan fingerprint density at radius 1 is 1.27 bits per heavy atom. The second-order valence-corrected chi connectivity index (χ2v) is 7.32. The van der Waals surface area contributed by atoms with Crippen LogP contribution in [0.2, 0.25) is 0 Å². The Labute approximate surface area is 172 Å². The molecule has 158 valence electrons. The van der Waals surface area contributed by atoms with E-state index in [9.17, 15) is 19.7 Å². The Balaban J connectivity index is 1.97. The first-order valence-corrected chi connectivity index (χ1v) is 10.0. The zero-order chi connectivity index (χ0) is 21.4. The normalized spacial score (nSPS) is 22.5. The summed E-state index contributed by atoms with van der Waals surface area (Å²) in [6.45, 7) is 3.67. The fourth-order valence-electron chi connectivity index (χ4n) is 4.41. The van der Waals surface area contributed by atoms with Gasteiger partial charge in [-0.05, 0) is 32.3 Å². The van der Waals surface area contributed by atoms with Crippen molar-refractivity contribution < 1.29 is 28.7 Å². The van der Waals surface area contributed by atoms with Gasteiger partial charge in [-0.2, -0.15) is 0 Å². The molecule has 4 rings (SSSR count). The van der Waals surface area contributed by atoms with Gasteiger partial charge in [-0.1, -0.05) is 6.92 Å². The van der Waals surface area contributed by atoms with Crippen molar-refractivity contribution in [2.45, 2.75) is 45.4 Å². The quantitative estimate of drug-likeness (QED) is 0.411. The highest BCUT2D eigenvalue weighted by molar-refractivity contribution is 6.09. The second-order valence-electron chi connectivity index (χ2n) is 7.32. The number of allylic oxidation sites excluding steroid dienone is 2. The summed E-state index contributed by atoms with van der Waals surface area (Å²) in [5.74, 6) is -1.82. The monoisotopic (exact) mass is 414 g/mol. The van der Waals surface area contributed by atoms with Crippen LogP contribution in [0.4, 0.5) is 5.69 Å². The van der Waals surface area contributed by atoms with Gasteiger partial charge < -0.3 is 14.2 Å². The van der Waals surface area contributed by atoms with Gasteiger partial charge in [0.2, 0.25) is 6.79 Å². The highest BCUT2D eigenvalue weighted by Crippen LogP contribution is 2.49. The number of esters is 1. The first-order valence-electron chi connectivity index (χ1n) is 10.0. The summed E-state index contributed by atoms with van der Waals surface area (Å²) < 4.78 is 16.0. The number of fused-ring (bicyclic) bond motifs is 1. The molecule has 1 aliphatic carbocycles. The van der Waals surface area contributed by atoms with E-state index in [4.69, 9.17) is 14.2 Å². The van der Waals surface area contributed by atoms with E-state index in [1.807, 2.05) is 6.92 Å². The largest absolute Gasteiger partial charge is 0.465 e. The molecule has 0 bridgehead atoms. The van der Waals surface area contributed by atoms with E-state index >= 15 is 0 Å². The van der Waals surface area contributed by atoms with Crippen LogP contribution < -0.4 is 9.47 Å². The topological polar surface area (TPSA) is 117 Å². The van der Waals surface area contributed by atoms with E-state index in [1.54, 1.807) is 6.92 Å². The average molecular weight is 414 g/mol. The van der Waals surface area contributed by atoms with E-state index in [2.05, 4.69) is 4.99 Å². The van der Waals surface area contributed by atoms with Crippen molar-refractivity contribution in [2.24, 2.45) is 10.9 Å². The minimum atomic E-state index is -0.908. The van der Waals surface area contributed by atoms with Gasteiger partial charge in [0.15, 0.2) is 17.3 Å². The third-order valence-corrected chi connectivity index (χ3v) is 5.67. The predicted octanol–water partition coefficient (Wildman–Crippen LogP) is 3.46. The number of hydrogen-bond donors (Lipinski definition) is 0. The van der Waals surface area contributed by atoms with Crippen LogP contribution in [0.25, 0.3) is 0 Å². The molecule has 3 aliphatic rings. The van der Waals surface area contributed by atoms with Crippen molar-refractivity contribution in [3.05, 3.63) is 39.1 Å². The van der Waals surface area contributed by atoms with Crippen LogP contribution >= 0.6 is 0 Å². The van der Waals surface area contributed by atoms with Crippen LogP contribution in [0.15, 0.2) is 28.4 Å². The van der Waals surface area contributed by atoms with Crippen molar-refractivity contribution in [1.29, 1.82) is 0 Å². The zero-order valence-corrected chi connectivity index (χ0v) is 16.8. The van der Waals surface area contributed by atoms with Crippen LogP contribution in [0.5, 0.6) is 11.5 Å². The van der Waals surface area contributed by atoms with Crippen molar-refractivity contribution in [3.8, 4) is 11.5 Å². The van der Waals surface area contributed by atoms with E-state index in [0.29, 0.717) is 48.4 Å². The maximum absolute atomic E-state index is 13.0. The lowest BCUT2D eigenvalue weighted by molar-refractivity contribution is -0.385. The van der Waals surface area contributed by atoms with Gasteiger partial charge in [0.1, 0.15) is 5.92 Å². The third kappa shape index (κ3) is 3.24. The van der Waals surface area contributed by atoms with E-state index in [0.717, 1.165) is 0 Å². The Hall–Kier alpha value is -3.23. The minimum absolute atomic E-state index is 0.0452. The summed E-state index contributed by atoms with van der Waals surface area (Å²) in [5, 5.41) is 11.9. The van der Waals surface area contributed by atoms with Crippen LogP contribution in [-0.2, 0) is 14.3 Å². The number of nitro groups is 1. The molecule has 30 heavy (non-hydrogen) atoms. The summed E-state index contributed by atoms with van der Waals surface area (Å²) in [6.07, 6.45) is 2.04. The number of rotatable bonds is 5. The molecule has 1 aromatic rings. The number of Topliss-reactive ketones (excluding diaryl/α,β-unsaturated/α-hetero) is 1. The number of carbonyl (C=O) groups excluding carboxylic acids is 2. The van der Waals surface area contributed by atoms with E-state index < -0.39 is 22.7 Å². The minimum Gasteiger partial charge on any atom is -0.465 e. The second kappa shape index (κ2) is 7.89. The molecule has 0 N–H and O–H groups in total. The molecule has 0 amide bonds. The molecule has 9 heteroatoms. The molecule has 0 radical (unpaired) electrons. The highest BCUT2D eigenvalue weighted by Gasteiger charge is 2.46. The van der Waals surface area contributed by atoms with Gasteiger partial charge in [-0.15, -0.1) is 0 Å². The van der Waals surface area contributed by atoms with Gasteiger partial charge in [0.25, 0.3) is 5.69 Å². The Bertz CT molecular complexity index is 995. The molecule has 0 aromatic heterocycles. The summed E-state index contributed by atoms with van der Waals surface area (Å²) in [5.41, 5.74) is 1.57. The molecule has 0 saturated carbocycles. The Morgan fingerprint density at radius 2 is 2.00 bits per heavy atom. The van der Waals surface area contributed by atoms with Crippen molar-refractivity contribution in [1.82, 2.24) is 0 Å². The Kier molecular flexibility index (Phi) is 5.27. The standard InChI is InChI=1S/C21H22N2O7/c1-3-12-20(21(25)28-4-2)18(19-13(22-12)6-5-7-15(19)24)11-8-16-17(30-10-29-16)9-14(11)23(26)27/h8-9,18,20H,3-7,10H2,1-2H3/t18-,20?/m1/s1. The summed E-state index contributed by atoms with van der Waals surface area (Å²) in [7, 11) is 0. The first-order chi connectivity index (χ1) is 14.5. The fourth-order valence-corrected chi connectivity index (χ4v) is 4.41. The predicted molar refractivity (Wildman–Crippen MR) is 106 cm³/mol. The molecular formula is C21H22N2O7. The number of ether oxygens (including phenoxy) is 3. The third-order valence-electron chi connectivity index (χ3n) is 5.67. The highest BCUT2D eigenvalue weighted by atomic mass is 16.7. The van der Waals surface area contributed by atoms with Crippen LogP contribution in [0.3, 0.4) is 0 Å². The lowest BCUT2D eigenvalue weighted by Gasteiger charge is -2.34. The summed E-state index contributed by atoms with van der Waals surface area (Å²) in [6, 6.07) is 2.81. The molecule has 1 unspecified atom stereocenters. The lowest BCUT2D eigenvalue weighted by Crippen LogP contribution is -2.38. The van der Waals surface area contributed by atoms with Crippen LogP contribution in [-0.4, -0.2) is 35.8 Å². The SMILES string of the molecule is CCOC(=O)C1C(CC)=NC2=C(C(=O)CCC2)[C@H]1c1cc2c(cc1[N+](=O)[O-])OCO2. The fraction of sp³-hybridized carbons (Fsp3) is 0.476. The van der Waals surface area contributed by atoms with E-state index in [1.165, 1.54) is 12.1 Å². The van der Waals surface area contributed by atoms with Crippen LogP contribution in [0.1, 0.15) is 51.0 Å². The number of nitro benzene ring substituents is 1. The summed E-state index contributed by atoms with van der Waals surface area (Å²) in [4.78, 5) is 42.0. The van der Waals surface area contributed by atoms with Gasteiger partial charge in [0, 0.05) is 34.9 Å². The number of aliphatic imine (C=N–C) groups is 1. The lowest BCUT2D eigenvalue weighted by atomic mass is 9.70. The molecular weight excluding hydrogens is 392 g/mol. The number of hydrogen-bond acceptors (Lipinski definition) is 8. The van der Waals surface area contributed by atoms with Crippen molar-refractivity contribution >= 4 is 23.2 Å². The number of benzene rings is 1. The number of ketones is 1. The van der Waals surface area contributed by atoms with Gasteiger partial charge in [0.05, 0.1) is 17.6 Å².